The molecule has 0 saturated carbocycles. The quantitative estimate of drug-likeness (QED) is 0.732. The maximum atomic E-state index is 5.77. The standard InChI is InChI=1S/C14H16N6/c1-10-6-13(19(2)17-10)8-20-9-16-14(18-20)11-4-3-5-12(15)7-11/h3-7,9H,8,15H2,1-2H3. The fraction of sp³-hybridized carbons (Fsp3) is 0.214. The third-order valence-electron chi connectivity index (χ3n) is 3.10. The van der Waals surface area contributed by atoms with Crippen LogP contribution in [0, 0.1) is 6.92 Å². The first-order chi connectivity index (χ1) is 9.61. The normalized spacial score (nSPS) is 10.9. The van der Waals surface area contributed by atoms with Gasteiger partial charge >= 0.3 is 0 Å². The van der Waals surface area contributed by atoms with E-state index < -0.39 is 0 Å². The van der Waals surface area contributed by atoms with Crippen LogP contribution in [0.5, 0.6) is 0 Å². The lowest BCUT2D eigenvalue weighted by molar-refractivity contribution is 0.618. The molecule has 0 aliphatic rings. The van der Waals surface area contributed by atoms with Crippen LogP contribution in [0.15, 0.2) is 36.7 Å². The van der Waals surface area contributed by atoms with Crippen LogP contribution in [0.4, 0.5) is 5.69 Å². The lowest BCUT2D eigenvalue weighted by Gasteiger charge is -2.01. The van der Waals surface area contributed by atoms with Crippen LogP contribution < -0.4 is 5.73 Å². The molecule has 6 nitrogen and oxygen atoms in total. The zero-order valence-corrected chi connectivity index (χ0v) is 11.5. The average molecular weight is 268 g/mol. The molecule has 0 spiro atoms. The molecule has 0 radical (unpaired) electrons. The first-order valence-corrected chi connectivity index (χ1v) is 6.37. The molecule has 0 amide bonds. The molecule has 0 atom stereocenters. The van der Waals surface area contributed by atoms with Crippen LogP contribution in [-0.4, -0.2) is 24.5 Å². The predicted octanol–water partition coefficient (Wildman–Crippen LogP) is 1.62. The molecule has 2 aromatic heterocycles. The topological polar surface area (TPSA) is 74.6 Å². The van der Waals surface area contributed by atoms with Crippen molar-refractivity contribution in [2.24, 2.45) is 7.05 Å². The maximum Gasteiger partial charge on any atom is 0.181 e. The molecule has 0 unspecified atom stereocenters. The monoisotopic (exact) mass is 268 g/mol. The minimum Gasteiger partial charge on any atom is -0.399 e. The molecule has 3 aromatic rings. The van der Waals surface area contributed by atoms with E-state index >= 15 is 0 Å². The number of benzene rings is 1. The summed E-state index contributed by atoms with van der Waals surface area (Å²) in [6.07, 6.45) is 1.72. The second-order valence-corrected chi connectivity index (χ2v) is 4.79. The Labute approximate surface area is 116 Å². The van der Waals surface area contributed by atoms with Crippen LogP contribution in [0.25, 0.3) is 11.4 Å². The van der Waals surface area contributed by atoms with Crippen molar-refractivity contribution in [2.75, 3.05) is 5.73 Å². The van der Waals surface area contributed by atoms with E-state index in [4.69, 9.17) is 5.73 Å². The summed E-state index contributed by atoms with van der Waals surface area (Å²) in [7, 11) is 1.93. The van der Waals surface area contributed by atoms with Crippen molar-refractivity contribution in [1.29, 1.82) is 0 Å². The van der Waals surface area contributed by atoms with Gasteiger partial charge in [0.2, 0.25) is 0 Å². The Balaban J connectivity index is 1.85. The van der Waals surface area contributed by atoms with Crippen molar-refractivity contribution in [3.63, 3.8) is 0 Å². The Morgan fingerprint density at radius 3 is 2.75 bits per heavy atom. The van der Waals surface area contributed by atoms with Crippen LogP contribution in [-0.2, 0) is 13.6 Å². The first-order valence-electron chi connectivity index (χ1n) is 6.37. The largest absolute Gasteiger partial charge is 0.399 e. The van der Waals surface area contributed by atoms with E-state index in [0.717, 1.165) is 17.0 Å². The van der Waals surface area contributed by atoms with Crippen molar-refractivity contribution >= 4 is 5.69 Å². The molecule has 3 rings (SSSR count). The molecule has 0 aliphatic carbocycles. The number of hydrogen-bond acceptors (Lipinski definition) is 4. The van der Waals surface area contributed by atoms with Crippen LogP contribution in [0.1, 0.15) is 11.4 Å². The van der Waals surface area contributed by atoms with Crippen molar-refractivity contribution in [1.82, 2.24) is 24.5 Å². The van der Waals surface area contributed by atoms with Gasteiger partial charge in [-0.3, -0.25) is 4.68 Å². The highest BCUT2D eigenvalue weighted by molar-refractivity contribution is 5.60. The van der Waals surface area contributed by atoms with Gasteiger partial charge in [-0.15, -0.1) is 0 Å². The highest BCUT2D eigenvalue weighted by Crippen LogP contribution is 2.17. The summed E-state index contributed by atoms with van der Waals surface area (Å²) in [5, 5.41) is 8.80. The number of anilines is 1. The summed E-state index contributed by atoms with van der Waals surface area (Å²) >= 11 is 0. The Hall–Kier alpha value is -2.63. The summed E-state index contributed by atoms with van der Waals surface area (Å²) in [6, 6.07) is 9.61. The number of aromatic nitrogens is 5. The molecule has 102 valence electrons. The van der Waals surface area contributed by atoms with Gasteiger partial charge in [0.15, 0.2) is 5.82 Å². The van der Waals surface area contributed by atoms with E-state index in [1.165, 1.54) is 0 Å². The molecule has 0 fully saturated rings. The van der Waals surface area contributed by atoms with E-state index in [0.29, 0.717) is 18.1 Å². The molecule has 20 heavy (non-hydrogen) atoms. The number of nitrogens with zero attached hydrogens (tertiary/aromatic N) is 5. The van der Waals surface area contributed by atoms with Gasteiger partial charge in [0.1, 0.15) is 6.33 Å². The fourth-order valence-corrected chi connectivity index (χ4v) is 2.16. The summed E-state index contributed by atoms with van der Waals surface area (Å²) in [6.45, 7) is 2.62. The van der Waals surface area contributed by atoms with Crippen molar-refractivity contribution in [2.45, 2.75) is 13.5 Å². The second-order valence-electron chi connectivity index (χ2n) is 4.79. The van der Waals surface area contributed by atoms with E-state index in [-0.39, 0.29) is 0 Å². The number of nitrogen functional groups attached to an aromatic ring is 1. The molecule has 6 heteroatoms. The van der Waals surface area contributed by atoms with E-state index in [1.807, 2.05) is 49.0 Å². The third-order valence-corrected chi connectivity index (χ3v) is 3.10. The van der Waals surface area contributed by atoms with Crippen LogP contribution >= 0.6 is 0 Å². The van der Waals surface area contributed by atoms with E-state index in [2.05, 4.69) is 15.2 Å². The SMILES string of the molecule is Cc1cc(Cn2cnc(-c3cccc(N)c3)n2)n(C)n1. The zero-order chi connectivity index (χ0) is 14.1. The Kier molecular flexibility index (Phi) is 2.98. The van der Waals surface area contributed by atoms with Crippen molar-refractivity contribution in [3.8, 4) is 11.4 Å². The number of hydrogen-bond donors (Lipinski definition) is 1. The minimum absolute atomic E-state index is 0.645. The average Bonchev–Trinajstić information content (AvgIpc) is 2.97. The second kappa shape index (κ2) is 4.80. The number of aryl methyl sites for hydroxylation is 2. The lowest BCUT2D eigenvalue weighted by Crippen LogP contribution is -2.06. The fourth-order valence-electron chi connectivity index (χ4n) is 2.16. The van der Waals surface area contributed by atoms with Gasteiger partial charge < -0.3 is 5.73 Å². The Bertz CT molecular complexity index is 740. The highest BCUT2D eigenvalue weighted by atomic mass is 15.3. The molecular formula is C14H16N6. The Morgan fingerprint density at radius 1 is 1.20 bits per heavy atom. The first kappa shape index (κ1) is 12.4. The smallest absolute Gasteiger partial charge is 0.181 e. The predicted molar refractivity (Wildman–Crippen MR) is 76.9 cm³/mol. The summed E-state index contributed by atoms with van der Waals surface area (Å²) < 4.78 is 3.66. The molecule has 2 N–H and O–H groups in total. The maximum absolute atomic E-state index is 5.77. The molecule has 1 aromatic carbocycles. The minimum atomic E-state index is 0.645. The lowest BCUT2D eigenvalue weighted by atomic mass is 10.2. The van der Waals surface area contributed by atoms with Gasteiger partial charge in [-0.05, 0) is 25.1 Å². The van der Waals surface area contributed by atoms with Crippen LogP contribution in [0.2, 0.25) is 0 Å². The van der Waals surface area contributed by atoms with Gasteiger partial charge in [-0.2, -0.15) is 10.2 Å². The molecule has 2 heterocycles. The van der Waals surface area contributed by atoms with Gasteiger partial charge in [0, 0.05) is 18.3 Å². The number of nitrogens with two attached hydrogens (primary N) is 1. The molecular weight excluding hydrogens is 252 g/mol. The van der Waals surface area contributed by atoms with Crippen molar-refractivity contribution < 1.29 is 0 Å². The van der Waals surface area contributed by atoms with Crippen molar-refractivity contribution in [3.05, 3.63) is 48.0 Å². The van der Waals surface area contributed by atoms with Gasteiger partial charge in [0.05, 0.1) is 17.9 Å². The van der Waals surface area contributed by atoms with E-state index in [1.54, 1.807) is 11.0 Å². The Morgan fingerprint density at radius 2 is 2.05 bits per heavy atom. The third kappa shape index (κ3) is 2.40. The molecule has 0 aliphatic heterocycles. The summed E-state index contributed by atoms with van der Waals surface area (Å²) in [5.41, 5.74) is 9.49. The van der Waals surface area contributed by atoms with Gasteiger partial charge in [0.25, 0.3) is 0 Å². The van der Waals surface area contributed by atoms with Gasteiger partial charge in [-0.1, -0.05) is 12.1 Å². The van der Waals surface area contributed by atoms with E-state index in [9.17, 15) is 0 Å². The summed E-state index contributed by atoms with van der Waals surface area (Å²) in [5.74, 6) is 0.677. The number of rotatable bonds is 3. The molecule has 0 saturated heterocycles. The van der Waals surface area contributed by atoms with Gasteiger partial charge in [-0.25, -0.2) is 9.67 Å². The van der Waals surface area contributed by atoms with Crippen LogP contribution in [0.3, 0.4) is 0 Å². The zero-order valence-electron chi connectivity index (χ0n) is 11.5. The summed E-state index contributed by atoms with van der Waals surface area (Å²) in [4.78, 5) is 4.33. The highest BCUT2D eigenvalue weighted by Gasteiger charge is 2.07. The molecule has 0 bridgehead atoms.